The van der Waals surface area contributed by atoms with Crippen molar-refractivity contribution < 1.29 is 4.39 Å². The number of benzene rings is 1. The van der Waals surface area contributed by atoms with Crippen molar-refractivity contribution in [1.29, 1.82) is 5.26 Å². The predicted octanol–water partition coefficient (Wildman–Crippen LogP) is 2.78. The quantitative estimate of drug-likeness (QED) is 0.822. The maximum absolute atomic E-state index is 13.4. The molecule has 0 aliphatic heterocycles. The molecule has 2 nitrogen and oxygen atoms in total. The highest BCUT2D eigenvalue weighted by Gasteiger charge is 2.12. The van der Waals surface area contributed by atoms with Gasteiger partial charge in [-0.15, -0.1) is 0 Å². The second-order valence-electron chi connectivity index (χ2n) is 3.67. The first-order valence-corrected chi connectivity index (χ1v) is 5.02. The molecule has 3 heteroatoms. The highest BCUT2D eigenvalue weighted by Crippen LogP contribution is 2.16. The molecule has 0 fully saturated rings. The van der Waals surface area contributed by atoms with Crippen LogP contribution in [0, 0.1) is 17.1 Å². The van der Waals surface area contributed by atoms with Gasteiger partial charge in [0, 0.05) is 17.6 Å². The minimum absolute atomic E-state index is 0.0737. The molecule has 0 aliphatic carbocycles. The van der Waals surface area contributed by atoms with Gasteiger partial charge in [-0.2, -0.15) is 5.26 Å². The fraction of sp³-hybridized carbons (Fsp3) is 0.417. The first-order chi connectivity index (χ1) is 7.15. The van der Waals surface area contributed by atoms with Gasteiger partial charge >= 0.3 is 0 Å². The Morgan fingerprint density at radius 2 is 2.07 bits per heavy atom. The topological polar surface area (TPSA) is 35.8 Å². The van der Waals surface area contributed by atoms with Crippen LogP contribution in [0.5, 0.6) is 0 Å². The first kappa shape index (κ1) is 11.7. The zero-order valence-corrected chi connectivity index (χ0v) is 9.00. The first-order valence-electron chi connectivity index (χ1n) is 5.02. The molecule has 0 heterocycles. The normalized spacial score (nSPS) is 14.3. The Balaban J connectivity index is 2.66. The summed E-state index contributed by atoms with van der Waals surface area (Å²) in [5.74, 6) is -0.207. The molecule has 1 rings (SSSR count). The Morgan fingerprint density at radius 1 is 1.40 bits per heavy atom. The van der Waals surface area contributed by atoms with Crippen molar-refractivity contribution in [3.63, 3.8) is 0 Å². The molecule has 1 aromatic carbocycles. The fourth-order valence-electron chi connectivity index (χ4n) is 1.54. The highest BCUT2D eigenvalue weighted by atomic mass is 19.1. The minimum Gasteiger partial charge on any atom is -0.307 e. The summed E-state index contributed by atoms with van der Waals surface area (Å²) in [7, 11) is 0. The van der Waals surface area contributed by atoms with Crippen molar-refractivity contribution in [2.24, 2.45) is 0 Å². The lowest BCUT2D eigenvalue weighted by Gasteiger charge is -2.18. The second kappa shape index (κ2) is 5.47. The summed E-state index contributed by atoms with van der Waals surface area (Å²) in [6.07, 6.45) is 0.429. The maximum atomic E-state index is 13.4. The average Bonchev–Trinajstić information content (AvgIpc) is 2.18. The number of nitriles is 1. The Morgan fingerprint density at radius 3 is 2.67 bits per heavy atom. The third-order valence-corrected chi connectivity index (χ3v) is 2.30. The molecule has 0 aliphatic rings. The van der Waals surface area contributed by atoms with Crippen molar-refractivity contribution >= 4 is 0 Å². The fourth-order valence-corrected chi connectivity index (χ4v) is 1.54. The summed E-state index contributed by atoms with van der Waals surface area (Å²) in [6.45, 7) is 3.81. The zero-order valence-electron chi connectivity index (χ0n) is 9.00. The lowest BCUT2D eigenvalue weighted by atomic mass is 10.1. The lowest BCUT2D eigenvalue weighted by Crippen LogP contribution is -2.29. The smallest absolute Gasteiger partial charge is 0.127 e. The molecule has 0 radical (unpaired) electrons. The van der Waals surface area contributed by atoms with Crippen molar-refractivity contribution in [2.75, 3.05) is 0 Å². The van der Waals surface area contributed by atoms with Crippen LogP contribution in [0.15, 0.2) is 24.3 Å². The molecule has 0 saturated carbocycles. The van der Waals surface area contributed by atoms with Gasteiger partial charge in [0.25, 0.3) is 0 Å². The molecule has 1 N–H and O–H groups in total. The number of nitrogens with zero attached hydrogens (tertiary/aromatic N) is 1. The summed E-state index contributed by atoms with van der Waals surface area (Å²) in [4.78, 5) is 0. The van der Waals surface area contributed by atoms with E-state index in [0.29, 0.717) is 12.0 Å². The molecular weight excluding hydrogens is 191 g/mol. The summed E-state index contributed by atoms with van der Waals surface area (Å²) in [6, 6.07) is 8.77. The van der Waals surface area contributed by atoms with E-state index in [1.54, 1.807) is 12.1 Å². The number of hydrogen-bond donors (Lipinski definition) is 1. The third-order valence-electron chi connectivity index (χ3n) is 2.30. The molecule has 0 saturated heterocycles. The van der Waals surface area contributed by atoms with E-state index in [2.05, 4.69) is 11.4 Å². The van der Waals surface area contributed by atoms with Crippen LogP contribution in [0.25, 0.3) is 0 Å². The van der Waals surface area contributed by atoms with Gasteiger partial charge in [0.2, 0.25) is 0 Å². The number of hydrogen-bond acceptors (Lipinski definition) is 2. The van der Waals surface area contributed by atoms with Crippen LogP contribution < -0.4 is 5.32 Å². The molecule has 15 heavy (non-hydrogen) atoms. The van der Waals surface area contributed by atoms with Crippen molar-refractivity contribution in [1.82, 2.24) is 5.32 Å². The van der Waals surface area contributed by atoms with Crippen molar-refractivity contribution in [2.45, 2.75) is 32.4 Å². The Bertz CT molecular complexity index is 357. The molecule has 0 spiro atoms. The molecule has 0 amide bonds. The summed E-state index contributed by atoms with van der Waals surface area (Å²) in [5.41, 5.74) is 0.641. The standard InChI is InChI=1S/C12H15FN2/c1-9(7-8-14)15-10(2)11-5-3-4-6-12(11)13/h3-6,9-10,15H,7H2,1-2H3/t9?,10-/m1/s1. The maximum Gasteiger partial charge on any atom is 0.127 e. The van der Waals surface area contributed by atoms with E-state index < -0.39 is 0 Å². The molecule has 1 aromatic rings. The van der Waals surface area contributed by atoms with E-state index >= 15 is 0 Å². The van der Waals surface area contributed by atoms with Crippen molar-refractivity contribution in [3.8, 4) is 6.07 Å². The monoisotopic (exact) mass is 206 g/mol. The van der Waals surface area contributed by atoms with Gasteiger partial charge in [-0.05, 0) is 19.9 Å². The predicted molar refractivity (Wildman–Crippen MR) is 57.6 cm³/mol. The summed E-state index contributed by atoms with van der Waals surface area (Å²) < 4.78 is 13.4. The van der Waals surface area contributed by atoms with E-state index in [4.69, 9.17) is 5.26 Å². The Kier molecular flexibility index (Phi) is 4.26. The van der Waals surface area contributed by atoms with Crippen LogP contribution in [-0.4, -0.2) is 6.04 Å². The molecule has 0 aromatic heterocycles. The highest BCUT2D eigenvalue weighted by molar-refractivity contribution is 5.20. The molecule has 2 atom stereocenters. The second-order valence-corrected chi connectivity index (χ2v) is 3.67. The Labute approximate surface area is 89.7 Å². The van der Waals surface area contributed by atoms with Gasteiger partial charge in [-0.3, -0.25) is 0 Å². The van der Waals surface area contributed by atoms with Crippen LogP contribution in [0.2, 0.25) is 0 Å². The number of halogens is 1. The van der Waals surface area contributed by atoms with E-state index in [0.717, 1.165) is 0 Å². The van der Waals surface area contributed by atoms with Crippen LogP contribution in [0.3, 0.4) is 0 Å². The van der Waals surface area contributed by atoms with Gasteiger partial charge in [0.15, 0.2) is 0 Å². The lowest BCUT2D eigenvalue weighted by molar-refractivity contribution is 0.467. The molecule has 0 bridgehead atoms. The van der Waals surface area contributed by atoms with Crippen LogP contribution in [0.1, 0.15) is 31.9 Å². The van der Waals surface area contributed by atoms with Gasteiger partial charge in [-0.25, -0.2) is 4.39 Å². The molecular formula is C12H15FN2. The Hall–Kier alpha value is -1.40. The van der Waals surface area contributed by atoms with Crippen molar-refractivity contribution in [3.05, 3.63) is 35.6 Å². The van der Waals surface area contributed by atoms with Gasteiger partial charge in [0.05, 0.1) is 12.5 Å². The number of nitrogens with one attached hydrogen (secondary N) is 1. The summed E-state index contributed by atoms with van der Waals surface area (Å²) in [5, 5.41) is 11.7. The van der Waals surface area contributed by atoms with E-state index in [9.17, 15) is 4.39 Å². The van der Waals surface area contributed by atoms with E-state index in [1.807, 2.05) is 19.9 Å². The number of rotatable bonds is 4. The van der Waals surface area contributed by atoms with Crippen LogP contribution >= 0.6 is 0 Å². The molecule has 80 valence electrons. The largest absolute Gasteiger partial charge is 0.307 e. The summed E-state index contributed by atoms with van der Waals surface area (Å²) >= 11 is 0. The van der Waals surface area contributed by atoms with Gasteiger partial charge in [0.1, 0.15) is 5.82 Å². The minimum atomic E-state index is -0.207. The van der Waals surface area contributed by atoms with E-state index in [1.165, 1.54) is 6.07 Å². The van der Waals surface area contributed by atoms with E-state index in [-0.39, 0.29) is 17.9 Å². The van der Waals surface area contributed by atoms with Crippen LogP contribution in [0.4, 0.5) is 4.39 Å². The third kappa shape index (κ3) is 3.34. The van der Waals surface area contributed by atoms with Gasteiger partial charge in [-0.1, -0.05) is 18.2 Å². The van der Waals surface area contributed by atoms with Gasteiger partial charge < -0.3 is 5.32 Å². The average molecular weight is 206 g/mol. The zero-order chi connectivity index (χ0) is 11.3. The van der Waals surface area contributed by atoms with Crippen LogP contribution in [-0.2, 0) is 0 Å². The molecule has 1 unspecified atom stereocenters. The SMILES string of the molecule is CC(CC#N)N[C@H](C)c1ccccc1F.